The molecule has 5 heteroatoms. The van der Waals surface area contributed by atoms with Crippen LogP contribution in [0.4, 0.5) is 5.69 Å². The van der Waals surface area contributed by atoms with Crippen LogP contribution < -0.4 is 0 Å². The van der Waals surface area contributed by atoms with Crippen molar-refractivity contribution in [2.45, 2.75) is 26.2 Å². The van der Waals surface area contributed by atoms with Crippen LogP contribution in [0.5, 0.6) is 0 Å². The lowest BCUT2D eigenvalue weighted by atomic mass is 9.85. The molecule has 2 heterocycles. The van der Waals surface area contributed by atoms with Gasteiger partial charge in [0, 0.05) is 29.1 Å². The Balaban J connectivity index is 1.36. The third-order valence-electron chi connectivity index (χ3n) is 7.43. The van der Waals surface area contributed by atoms with Crippen LogP contribution in [0.2, 0.25) is 0 Å². The van der Waals surface area contributed by atoms with Crippen LogP contribution in [0.15, 0.2) is 108 Å². The average molecular weight is 537 g/mol. The zero-order chi connectivity index (χ0) is 27.3. The Bertz CT molecular complexity index is 2040. The van der Waals surface area contributed by atoms with E-state index in [2.05, 4.69) is 116 Å². The number of fused-ring (bicyclic) bond motifs is 4. The van der Waals surface area contributed by atoms with Crippen molar-refractivity contribution in [3.63, 3.8) is 0 Å². The first-order valence-corrected chi connectivity index (χ1v) is 14.3. The Morgan fingerprint density at radius 1 is 0.775 bits per heavy atom. The summed E-state index contributed by atoms with van der Waals surface area (Å²) in [5, 5.41) is 13.2. The number of aromatic nitrogens is 3. The maximum absolute atomic E-state index is 5.17. The fourth-order valence-corrected chi connectivity index (χ4v) is 6.35. The molecule has 7 aromatic rings. The number of rotatable bonds is 4. The summed E-state index contributed by atoms with van der Waals surface area (Å²) in [6.07, 6.45) is 3.79. The number of aliphatic imine (C=N–C) groups is 1. The van der Waals surface area contributed by atoms with E-state index in [0.717, 1.165) is 43.3 Å². The summed E-state index contributed by atoms with van der Waals surface area (Å²) in [6.45, 7) is 6.73. The van der Waals surface area contributed by atoms with Gasteiger partial charge in [-0.05, 0) is 68.9 Å². The van der Waals surface area contributed by atoms with Gasteiger partial charge < -0.3 is 0 Å². The number of nitrogens with one attached hydrogen (secondary N) is 1. The molecule has 0 fully saturated rings. The van der Waals surface area contributed by atoms with Gasteiger partial charge in [0.05, 0.1) is 21.6 Å². The van der Waals surface area contributed by atoms with Gasteiger partial charge >= 0.3 is 0 Å². The zero-order valence-corrected chi connectivity index (χ0v) is 23.5. The molecule has 0 amide bonds. The van der Waals surface area contributed by atoms with Gasteiger partial charge in [-0.25, -0.2) is 4.98 Å². The van der Waals surface area contributed by atoms with Crippen molar-refractivity contribution in [2.24, 2.45) is 4.99 Å². The van der Waals surface area contributed by atoms with Crippen LogP contribution in [0, 0.1) is 0 Å². The Kier molecular flexibility index (Phi) is 5.83. The largest absolute Gasteiger partial charge is 0.278 e. The van der Waals surface area contributed by atoms with E-state index in [-0.39, 0.29) is 5.41 Å². The molecule has 194 valence electrons. The molecule has 0 saturated heterocycles. The summed E-state index contributed by atoms with van der Waals surface area (Å²) in [7, 11) is 0. The van der Waals surface area contributed by atoms with Crippen LogP contribution >= 0.6 is 11.3 Å². The Morgan fingerprint density at radius 2 is 1.52 bits per heavy atom. The first-order valence-electron chi connectivity index (χ1n) is 13.4. The monoisotopic (exact) mass is 536 g/mol. The topological polar surface area (TPSA) is 53.9 Å². The Morgan fingerprint density at radius 3 is 2.33 bits per heavy atom. The Labute approximate surface area is 237 Å². The van der Waals surface area contributed by atoms with Gasteiger partial charge in [-0.2, -0.15) is 5.10 Å². The maximum atomic E-state index is 5.17. The second-order valence-electron chi connectivity index (χ2n) is 11.1. The van der Waals surface area contributed by atoms with Crippen molar-refractivity contribution in [1.82, 2.24) is 15.2 Å². The van der Waals surface area contributed by atoms with E-state index in [1.165, 1.54) is 27.1 Å². The zero-order valence-electron chi connectivity index (χ0n) is 22.6. The van der Waals surface area contributed by atoms with Crippen molar-refractivity contribution >= 4 is 55.0 Å². The van der Waals surface area contributed by atoms with E-state index in [4.69, 9.17) is 9.98 Å². The van der Waals surface area contributed by atoms with Crippen LogP contribution in [-0.2, 0) is 5.41 Å². The summed E-state index contributed by atoms with van der Waals surface area (Å²) in [4.78, 5) is 10.2. The van der Waals surface area contributed by atoms with Crippen molar-refractivity contribution in [3.05, 3.63) is 114 Å². The number of para-hydroxylation sites is 1. The second kappa shape index (κ2) is 9.54. The second-order valence-corrected chi connectivity index (χ2v) is 12.1. The maximum Gasteiger partial charge on any atom is 0.126 e. The van der Waals surface area contributed by atoms with Gasteiger partial charge in [0.1, 0.15) is 5.01 Å². The van der Waals surface area contributed by atoms with E-state index in [9.17, 15) is 0 Å². The molecule has 4 nitrogen and oxygen atoms in total. The molecule has 0 spiro atoms. The molecule has 40 heavy (non-hydrogen) atoms. The standard InChI is InChI=1S/C35H28N4S/c1-35(2,3)24-19-29(31-16-17-37-39-31)33-32(20-24)40-34(38-33)28-14-8-9-15-30(28)36-21-23-18-22-10-4-5-11-25(22)27-13-7-6-12-26(23)27/h4-21H,1-3H3,(H,37,39). The lowest BCUT2D eigenvalue weighted by Gasteiger charge is -2.20. The molecule has 0 saturated carbocycles. The Hall–Kier alpha value is -4.61. The van der Waals surface area contributed by atoms with Gasteiger partial charge in [-0.3, -0.25) is 10.1 Å². The highest BCUT2D eigenvalue weighted by Gasteiger charge is 2.20. The summed E-state index contributed by atoms with van der Waals surface area (Å²) in [5.41, 5.74) is 7.35. The molecular weight excluding hydrogens is 508 g/mol. The molecule has 2 aromatic heterocycles. The molecule has 5 aromatic carbocycles. The first kappa shape index (κ1) is 24.4. The van der Waals surface area contributed by atoms with Crippen molar-refractivity contribution in [3.8, 4) is 21.8 Å². The molecule has 0 aliphatic heterocycles. The van der Waals surface area contributed by atoms with E-state index in [1.54, 1.807) is 17.5 Å². The molecule has 0 aliphatic carbocycles. The molecule has 0 atom stereocenters. The summed E-state index contributed by atoms with van der Waals surface area (Å²) in [6, 6.07) is 34.1. The predicted molar refractivity (Wildman–Crippen MR) is 170 cm³/mol. The van der Waals surface area contributed by atoms with Crippen molar-refractivity contribution < 1.29 is 0 Å². The van der Waals surface area contributed by atoms with Gasteiger partial charge in [-0.15, -0.1) is 11.3 Å². The SMILES string of the molecule is CC(C)(C)c1cc(-c2ccn[nH]2)c2nc(-c3ccccc3N=Cc3cc4ccccc4c4ccccc34)sc2c1. The van der Waals surface area contributed by atoms with Gasteiger partial charge in [-0.1, -0.05) is 81.4 Å². The lowest BCUT2D eigenvalue weighted by molar-refractivity contribution is 0.591. The third-order valence-corrected chi connectivity index (χ3v) is 8.46. The number of benzene rings is 5. The number of H-pyrrole nitrogens is 1. The lowest BCUT2D eigenvalue weighted by Crippen LogP contribution is -2.11. The highest BCUT2D eigenvalue weighted by Crippen LogP contribution is 2.41. The minimum Gasteiger partial charge on any atom is -0.278 e. The molecule has 1 N–H and O–H groups in total. The van der Waals surface area contributed by atoms with E-state index in [0.29, 0.717) is 0 Å². The first-order chi connectivity index (χ1) is 19.5. The molecule has 0 radical (unpaired) electrons. The van der Waals surface area contributed by atoms with Crippen molar-refractivity contribution in [1.29, 1.82) is 0 Å². The van der Waals surface area contributed by atoms with E-state index in [1.807, 2.05) is 18.3 Å². The third kappa shape index (κ3) is 4.29. The molecular formula is C35H28N4S. The van der Waals surface area contributed by atoms with Gasteiger partial charge in [0.2, 0.25) is 0 Å². The van der Waals surface area contributed by atoms with Gasteiger partial charge in [0.25, 0.3) is 0 Å². The molecule has 0 aliphatic rings. The van der Waals surface area contributed by atoms with Crippen LogP contribution in [-0.4, -0.2) is 21.4 Å². The average Bonchev–Trinajstić information content (AvgIpc) is 3.66. The number of nitrogens with zero attached hydrogens (tertiary/aromatic N) is 3. The smallest absolute Gasteiger partial charge is 0.126 e. The van der Waals surface area contributed by atoms with Crippen LogP contribution in [0.25, 0.3) is 53.6 Å². The summed E-state index contributed by atoms with van der Waals surface area (Å²) >= 11 is 1.71. The van der Waals surface area contributed by atoms with E-state index >= 15 is 0 Å². The molecule has 7 rings (SSSR count). The normalized spacial score (nSPS) is 12.3. The quantitative estimate of drug-likeness (QED) is 0.180. The minimum atomic E-state index is 0.0119. The highest BCUT2D eigenvalue weighted by atomic mass is 32.1. The highest BCUT2D eigenvalue weighted by molar-refractivity contribution is 7.21. The number of aromatic amines is 1. The van der Waals surface area contributed by atoms with E-state index < -0.39 is 0 Å². The molecule has 0 unspecified atom stereocenters. The minimum absolute atomic E-state index is 0.0119. The predicted octanol–water partition coefficient (Wildman–Crippen LogP) is 9.71. The summed E-state index contributed by atoms with van der Waals surface area (Å²) in [5.74, 6) is 0. The fourth-order valence-electron chi connectivity index (χ4n) is 5.29. The number of hydrogen-bond donors (Lipinski definition) is 1. The number of hydrogen-bond acceptors (Lipinski definition) is 4. The van der Waals surface area contributed by atoms with Gasteiger partial charge in [0.15, 0.2) is 0 Å². The fraction of sp³-hybridized carbons (Fsp3) is 0.114. The van der Waals surface area contributed by atoms with Crippen LogP contribution in [0.3, 0.4) is 0 Å². The summed E-state index contributed by atoms with van der Waals surface area (Å²) < 4.78 is 1.16. The van der Waals surface area contributed by atoms with Crippen molar-refractivity contribution in [2.75, 3.05) is 0 Å². The number of thiazole rings is 1. The molecule has 0 bridgehead atoms. The van der Waals surface area contributed by atoms with Crippen LogP contribution in [0.1, 0.15) is 31.9 Å².